The molecule has 1 N–H and O–H groups in total. The molecule has 1 unspecified atom stereocenters. The van der Waals surface area contributed by atoms with Gasteiger partial charge in [0.25, 0.3) is 0 Å². The quantitative estimate of drug-likeness (QED) is 0.558. The second-order valence-electron chi connectivity index (χ2n) is 7.64. The maximum atomic E-state index is 11.8. The zero-order chi connectivity index (χ0) is 21.0. The monoisotopic (exact) mass is 401 g/mol. The number of piperidine rings is 1. The van der Waals surface area contributed by atoms with Gasteiger partial charge in [-0.25, -0.2) is 0 Å². The van der Waals surface area contributed by atoms with E-state index in [1.54, 1.807) is 0 Å². The van der Waals surface area contributed by atoms with Crippen LogP contribution in [0, 0.1) is 0 Å². The summed E-state index contributed by atoms with van der Waals surface area (Å²) >= 11 is 0. The van der Waals surface area contributed by atoms with Crippen molar-refractivity contribution in [3.8, 4) is 0 Å². The predicted octanol–water partition coefficient (Wildman–Crippen LogP) is 5.69. The fraction of sp³-hybridized carbons (Fsp3) is 0.296. The summed E-state index contributed by atoms with van der Waals surface area (Å²) in [6.45, 7) is 4.25. The van der Waals surface area contributed by atoms with Crippen LogP contribution in [0.3, 0.4) is 0 Å². The average molecular weight is 402 g/mol. The van der Waals surface area contributed by atoms with E-state index in [0.29, 0.717) is 6.42 Å². The molecule has 0 aliphatic carbocycles. The van der Waals surface area contributed by atoms with Gasteiger partial charge in [-0.05, 0) is 55.5 Å². The molecule has 0 radical (unpaired) electrons. The number of carbonyl (C=O) groups is 1. The third-order valence-corrected chi connectivity index (χ3v) is 5.38. The van der Waals surface area contributed by atoms with Gasteiger partial charge in [0.05, 0.1) is 6.42 Å². The third-order valence-electron chi connectivity index (χ3n) is 5.38. The van der Waals surface area contributed by atoms with E-state index in [1.165, 1.54) is 31.5 Å². The minimum absolute atomic E-state index is 0.197. The maximum absolute atomic E-state index is 11.8. The SMILES string of the molecule is CC(OC(=O)Cc1ccccc1)c1ccccc1.c1ccc(C2CCNCC2)cc1. The molecule has 3 heteroatoms. The average Bonchev–Trinajstić information content (AvgIpc) is 2.82. The molecule has 156 valence electrons. The van der Waals surface area contributed by atoms with Crippen molar-refractivity contribution in [1.29, 1.82) is 0 Å². The first-order chi connectivity index (χ1) is 14.7. The molecular formula is C27H31NO2. The minimum Gasteiger partial charge on any atom is -0.458 e. The Labute approximate surface area is 180 Å². The molecule has 1 aliphatic heterocycles. The van der Waals surface area contributed by atoms with Gasteiger partial charge in [-0.15, -0.1) is 0 Å². The van der Waals surface area contributed by atoms with E-state index in [0.717, 1.165) is 17.0 Å². The molecule has 0 amide bonds. The Morgan fingerprint density at radius 3 is 2.00 bits per heavy atom. The zero-order valence-corrected chi connectivity index (χ0v) is 17.7. The second-order valence-corrected chi connectivity index (χ2v) is 7.64. The Morgan fingerprint density at radius 1 is 0.867 bits per heavy atom. The van der Waals surface area contributed by atoms with Gasteiger partial charge < -0.3 is 10.1 Å². The molecule has 0 bridgehead atoms. The third kappa shape index (κ3) is 7.16. The van der Waals surface area contributed by atoms with Crippen molar-refractivity contribution in [1.82, 2.24) is 5.32 Å². The van der Waals surface area contributed by atoms with Gasteiger partial charge in [0, 0.05) is 0 Å². The Balaban J connectivity index is 0.000000184. The van der Waals surface area contributed by atoms with Crippen molar-refractivity contribution in [2.45, 2.75) is 38.2 Å². The minimum atomic E-state index is -0.206. The number of benzene rings is 3. The van der Waals surface area contributed by atoms with Crippen LogP contribution in [-0.4, -0.2) is 19.1 Å². The lowest BCUT2D eigenvalue weighted by molar-refractivity contribution is -0.147. The van der Waals surface area contributed by atoms with E-state index < -0.39 is 0 Å². The Hall–Kier alpha value is -2.91. The topological polar surface area (TPSA) is 38.3 Å². The van der Waals surface area contributed by atoms with E-state index in [1.807, 2.05) is 67.6 Å². The summed E-state index contributed by atoms with van der Waals surface area (Å²) in [7, 11) is 0. The first-order valence-corrected chi connectivity index (χ1v) is 10.8. The highest BCUT2D eigenvalue weighted by Crippen LogP contribution is 2.24. The summed E-state index contributed by atoms with van der Waals surface area (Å²) in [4.78, 5) is 11.8. The molecule has 30 heavy (non-hydrogen) atoms. The van der Waals surface area contributed by atoms with Gasteiger partial charge >= 0.3 is 5.97 Å². The van der Waals surface area contributed by atoms with E-state index in [9.17, 15) is 4.79 Å². The van der Waals surface area contributed by atoms with E-state index >= 15 is 0 Å². The number of hydrogen-bond donors (Lipinski definition) is 1. The van der Waals surface area contributed by atoms with Crippen molar-refractivity contribution in [3.05, 3.63) is 108 Å². The van der Waals surface area contributed by atoms with Crippen LogP contribution in [0.15, 0.2) is 91.0 Å². The Kier molecular flexibility index (Phi) is 8.67. The highest BCUT2D eigenvalue weighted by Gasteiger charge is 2.14. The normalized spacial score (nSPS) is 14.8. The first kappa shape index (κ1) is 21.8. The fourth-order valence-corrected chi connectivity index (χ4v) is 3.67. The molecule has 0 aromatic heterocycles. The molecule has 1 atom stereocenters. The highest BCUT2D eigenvalue weighted by atomic mass is 16.5. The summed E-state index contributed by atoms with van der Waals surface area (Å²) < 4.78 is 5.40. The zero-order valence-electron chi connectivity index (χ0n) is 17.7. The molecule has 4 rings (SSSR count). The number of rotatable bonds is 5. The van der Waals surface area contributed by atoms with E-state index in [2.05, 4.69) is 35.6 Å². The van der Waals surface area contributed by atoms with Crippen LogP contribution in [0.2, 0.25) is 0 Å². The van der Waals surface area contributed by atoms with Gasteiger partial charge in [0.1, 0.15) is 6.10 Å². The van der Waals surface area contributed by atoms with Gasteiger partial charge in [0.15, 0.2) is 0 Å². The smallest absolute Gasteiger partial charge is 0.310 e. The first-order valence-electron chi connectivity index (χ1n) is 10.8. The standard InChI is InChI=1S/C16H16O2.C11H15N/c1-13(15-10-6-3-7-11-15)18-16(17)12-14-8-4-2-5-9-14;1-2-4-10(5-3-1)11-6-8-12-9-7-11/h2-11,13H,12H2,1H3;1-5,11-12H,6-9H2. The van der Waals surface area contributed by atoms with E-state index in [-0.39, 0.29) is 12.1 Å². The molecule has 0 saturated carbocycles. The Bertz CT molecular complexity index is 859. The van der Waals surface area contributed by atoms with Crippen molar-refractivity contribution in [3.63, 3.8) is 0 Å². The Morgan fingerprint density at radius 2 is 1.40 bits per heavy atom. The molecule has 0 spiro atoms. The molecule has 1 aliphatic rings. The summed E-state index contributed by atoms with van der Waals surface area (Å²) in [5, 5.41) is 3.38. The summed E-state index contributed by atoms with van der Waals surface area (Å²) in [6, 6.07) is 30.2. The largest absolute Gasteiger partial charge is 0.458 e. The molecular weight excluding hydrogens is 370 g/mol. The van der Waals surface area contributed by atoms with Gasteiger partial charge in [0.2, 0.25) is 0 Å². The van der Waals surface area contributed by atoms with Crippen molar-refractivity contribution in [2.24, 2.45) is 0 Å². The lowest BCUT2D eigenvalue weighted by atomic mass is 9.90. The molecule has 3 aromatic rings. The molecule has 1 saturated heterocycles. The molecule has 1 heterocycles. The maximum Gasteiger partial charge on any atom is 0.310 e. The summed E-state index contributed by atoms with van der Waals surface area (Å²) in [5.74, 6) is 0.602. The van der Waals surface area contributed by atoms with Crippen LogP contribution in [0.1, 0.15) is 48.5 Å². The lowest BCUT2D eigenvalue weighted by Crippen LogP contribution is -2.26. The number of carbonyl (C=O) groups excluding carboxylic acids is 1. The van der Waals surface area contributed by atoms with Gasteiger partial charge in [-0.3, -0.25) is 4.79 Å². The van der Waals surface area contributed by atoms with Crippen LogP contribution < -0.4 is 5.32 Å². The van der Waals surface area contributed by atoms with Crippen LogP contribution in [-0.2, 0) is 16.0 Å². The van der Waals surface area contributed by atoms with Crippen LogP contribution in [0.5, 0.6) is 0 Å². The number of ether oxygens (including phenoxy) is 1. The molecule has 3 aromatic carbocycles. The van der Waals surface area contributed by atoms with Crippen molar-refractivity contribution in [2.75, 3.05) is 13.1 Å². The fourth-order valence-electron chi connectivity index (χ4n) is 3.67. The number of nitrogens with one attached hydrogen (secondary N) is 1. The summed E-state index contributed by atoms with van der Waals surface area (Å²) in [5.41, 5.74) is 3.50. The van der Waals surface area contributed by atoms with Crippen molar-refractivity contribution >= 4 is 5.97 Å². The van der Waals surface area contributed by atoms with Gasteiger partial charge in [-0.1, -0.05) is 91.0 Å². The van der Waals surface area contributed by atoms with Crippen LogP contribution in [0.25, 0.3) is 0 Å². The van der Waals surface area contributed by atoms with Gasteiger partial charge in [-0.2, -0.15) is 0 Å². The number of hydrogen-bond acceptors (Lipinski definition) is 3. The molecule has 1 fully saturated rings. The molecule has 3 nitrogen and oxygen atoms in total. The van der Waals surface area contributed by atoms with Crippen molar-refractivity contribution < 1.29 is 9.53 Å². The second kappa shape index (κ2) is 11.9. The summed E-state index contributed by atoms with van der Waals surface area (Å²) in [6.07, 6.45) is 2.70. The predicted molar refractivity (Wildman–Crippen MR) is 122 cm³/mol. The van der Waals surface area contributed by atoms with E-state index in [4.69, 9.17) is 4.74 Å². The van der Waals surface area contributed by atoms with Crippen LogP contribution in [0.4, 0.5) is 0 Å². The lowest BCUT2D eigenvalue weighted by Gasteiger charge is -2.22. The van der Waals surface area contributed by atoms with Crippen LogP contribution >= 0.6 is 0 Å². The number of esters is 1. The highest BCUT2D eigenvalue weighted by molar-refractivity contribution is 5.72.